The molecule has 0 N–H and O–H groups in total. The van der Waals surface area contributed by atoms with Crippen molar-refractivity contribution in [1.29, 1.82) is 0 Å². The van der Waals surface area contributed by atoms with Crippen molar-refractivity contribution in [3.63, 3.8) is 0 Å². The number of pyridine rings is 1. The Morgan fingerprint density at radius 2 is 1.90 bits per heavy atom. The first-order chi connectivity index (χ1) is 10.1. The summed E-state index contributed by atoms with van der Waals surface area (Å²) < 4.78 is 6.18. The van der Waals surface area contributed by atoms with Crippen LogP contribution in [-0.2, 0) is 4.74 Å². The fourth-order valence-electron chi connectivity index (χ4n) is 1.93. The highest BCUT2D eigenvalue weighted by molar-refractivity contribution is 6.35. The number of esters is 1. The molecule has 0 spiro atoms. The van der Waals surface area contributed by atoms with E-state index in [9.17, 15) is 4.79 Å². The van der Waals surface area contributed by atoms with Gasteiger partial charge in [-0.1, -0.05) is 23.2 Å². The number of hydrogen-bond acceptors (Lipinski definition) is 4. The van der Waals surface area contributed by atoms with Gasteiger partial charge in [0.25, 0.3) is 0 Å². The van der Waals surface area contributed by atoms with Gasteiger partial charge >= 0.3 is 5.97 Å². The van der Waals surface area contributed by atoms with Gasteiger partial charge in [0.1, 0.15) is 0 Å². The third-order valence-electron chi connectivity index (χ3n) is 2.87. The standard InChI is InChI=1S/C14H9Cl2N3O2/c1-21-14(20)8-2-3-12-17-13(18-19(12)7-8)9-4-10(15)6-11(16)5-9/h2-7H,1H3. The molecule has 2 aromatic heterocycles. The maximum Gasteiger partial charge on any atom is 0.339 e. The summed E-state index contributed by atoms with van der Waals surface area (Å²) in [6.45, 7) is 0. The Hall–Kier alpha value is -2.11. The molecule has 5 nitrogen and oxygen atoms in total. The number of hydrogen-bond donors (Lipinski definition) is 0. The second-order valence-electron chi connectivity index (χ2n) is 4.31. The molecular formula is C14H9Cl2N3O2. The molecule has 3 rings (SSSR count). The molecular weight excluding hydrogens is 313 g/mol. The number of methoxy groups -OCH3 is 1. The van der Waals surface area contributed by atoms with Crippen LogP contribution >= 0.6 is 23.2 Å². The Balaban J connectivity index is 2.10. The topological polar surface area (TPSA) is 56.5 Å². The fourth-order valence-corrected chi connectivity index (χ4v) is 2.45. The van der Waals surface area contributed by atoms with Gasteiger partial charge in [-0.15, -0.1) is 5.10 Å². The van der Waals surface area contributed by atoms with E-state index in [1.54, 1.807) is 36.5 Å². The maximum atomic E-state index is 11.5. The van der Waals surface area contributed by atoms with Crippen LogP contribution < -0.4 is 0 Å². The number of benzene rings is 1. The van der Waals surface area contributed by atoms with E-state index in [0.29, 0.717) is 32.6 Å². The number of rotatable bonds is 2. The molecule has 0 amide bonds. The van der Waals surface area contributed by atoms with E-state index in [4.69, 9.17) is 23.2 Å². The van der Waals surface area contributed by atoms with Crippen molar-refractivity contribution in [3.05, 3.63) is 52.1 Å². The number of carbonyl (C=O) groups is 1. The highest BCUT2D eigenvalue weighted by atomic mass is 35.5. The van der Waals surface area contributed by atoms with Gasteiger partial charge in [0.15, 0.2) is 11.5 Å². The number of nitrogens with zero attached hydrogens (tertiary/aromatic N) is 3. The van der Waals surface area contributed by atoms with E-state index >= 15 is 0 Å². The van der Waals surface area contributed by atoms with Gasteiger partial charge in [-0.3, -0.25) is 0 Å². The molecule has 0 saturated heterocycles. The summed E-state index contributed by atoms with van der Waals surface area (Å²) >= 11 is 12.0. The normalized spacial score (nSPS) is 10.8. The number of halogens is 2. The Morgan fingerprint density at radius 3 is 2.57 bits per heavy atom. The molecule has 21 heavy (non-hydrogen) atoms. The van der Waals surface area contributed by atoms with Crippen LogP contribution in [0.25, 0.3) is 17.0 Å². The quantitative estimate of drug-likeness (QED) is 0.678. The predicted octanol–water partition coefficient (Wildman–Crippen LogP) is 3.49. The van der Waals surface area contributed by atoms with Crippen LogP contribution in [0.2, 0.25) is 10.0 Å². The average molecular weight is 322 g/mol. The van der Waals surface area contributed by atoms with E-state index in [1.165, 1.54) is 11.6 Å². The molecule has 0 saturated carbocycles. The van der Waals surface area contributed by atoms with E-state index < -0.39 is 5.97 Å². The molecule has 0 aliphatic heterocycles. The minimum Gasteiger partial charge on any atom is -0.465 e. The van der Waals surface area contributed by atoms with Gasteiger partial charge in [-0.05, 0) is 30.3 Å². The van der Waals surface area contributed by atoms with Crippen molar-refractivity contribution in [2.75, 3.05) is 7.11 Å². The maximum absolute atomic E-state index is 11.5. The predicted molar refractivity (Wildman–Crippen MR) is 79.8 cm³/mol. The van der Waals surface area contributed by atoms with Gasteiger partial charge in [-0.2, -0.15) is 0 Å². The first-order valence-electron chi connectivity index (χ1n) is 5.98. The van der Waals surface area contributed by atoms with Gasteiger partial charge in [0.05, 0.1) is 12.7 Å². The van der Waals surface area contributed by atoms with Crippen LogP contribution in [0.5, 0.6) is 0 Å². The summed E-state index contributed by atoms with van der Waals surface area (Å²) in [6.07, 6.45) is 1.56. The van der Waals surface area contributed by atoms with Crippen LogP contribution in [0, 0.1) is 0 Å². The third-order valence-corrected chi connectivity index (χ3v) is 3.31. The SMILES string of the molecule is COC(=O)c1ccc2nc(-c3cc(Cl)cc(Cl)c3)nn2c1. The molecule has 0 radical (unpaired) electrons. The summed E-state index contributed by atoms with van der Waals surface area (Å²) in [5.41, 5.74) is 1.70. The van der Waals surface area contributed by atoms with Crippen molar-refractivity contribution < 1.29 is 9.53 Å². The lowest BCUT2D eigenvalue weighted by Gasteiger charge is -1.98. The van der Waals surface area contributed by atoms with E-state index in [2.05, 4.69) is 14.8 Å². The van der Waals surface area contributed by atoms with Crippen LogP contribution in [0.1, 0.15) is 10.4 Å². The first kappa shape index (κ1) is 13.9. The summed E-state index contributed by atoms with van der Waals surface area (Å²) in [6, 6.07) is 8.41. The molecule has 106 valence electrons. The van der Waals surface area contributed by atoms with E-state index in [-0.39, 0.29) is 0 Å². The second-order valence-corrected chi connectivity index (χ2v) is 5.18. The Labute approximate surface area is 130 Å². The van der Waals surface area contributed by atoms with Crippen LogP contribution in [-0.4, -0.2) is 27.7 Å². The number of aromatic nitrogens is 3. The van der Waals surface area contributed by atoms with Gasteiger partial charge in [0.2, 0.25) is 0 Å². The zero-order valence-electron chi connectivity index (χ0n) is 10.9. The Morgan fingerprint density at radius 1 is 1.19 bits per heavy atom. The lowest BCUT2D eigenvalue weighted by molar-refractivity contribution is 0.0600. The molecule has 0 aliphatic carbocycles. The molecule has 0 bridgehead atoms. The molecule has 1 aromatic carbocycles. The molecule has 0 atom stereocenters. The zero-order chi connectivity index (χ0) is 15.0. The van der Waals surface area contributed by atoms with E-state index in [0.717, 1.165) is 0 Å². The minimum atomic E-state index is -0.431. The lowest BCUT2D eigenvalue weighted by atomic mass is 10.2. The van der Waals surface area contributed by atoms with Gasteiger partial charge in [-0.25, -0.2) is 14.3 Å². The molecule has 7 heteroatoms. The molecule has 3 aromatic rings. The third kappa shape index (κ3) is 2.70. The van der Waals surface area contributed by atoms with Crippen LogP contribution in [0.15, 0.2) is 36.5 Å². The van der Waals surface area contributed by atoms with Gasteiger partial charge in [0, 0.05) is 21.8 Å². The zero-order valence-corrected chi connectivity index (χ0v) is 12.4. The molecule has 2 heterocycles. The monoisotopic (exact) mass is 321 g/mol. The minimum absolute atomic E-state index is 0.394. The highest BCUT2D eigenvalue weighted by Crippen LogP contribution is 2.25. The van der Waals surface area contributed by atoms with Crippen LogP contribution in [0.3, 0.4) is 0 Å². The lowest BCUT2D eigenvalue weighted by Crippen LogP contribution is -2.03. The summed E-state index contributed by atoms with van der Waals surface area (Å²) in [4.78, 5) is 15.9. The van der Waals surface area contributed by atoms with Crippen molar-refractivity contribution in [2.24, 2.45) is 0 Å². The molecule has 0 fully saturated rings. The van der Waals surface area contributed by atoms with E-state index in [1.807, 2.05) is 0 Å². The highest BCUT2D eigenvalue weighted by Gasteiger charge is 2.11. The van der Waals surface area contributed by atoms with Crippen molar-refractivity contribution in [2.45, 2.75) is 0 Å². The average Bonchev–Trinajstić information content (AvgIpc) is 2.88. The van der Waals surface area contributed by atoms with Gasteiger partial charge < -0.3 is 4.74 Å². The fraction of sp³-hybridized carbons (Fsp3) is 0.0714. The molecule has 0 aliphatic rings. The number of ether oxygens (including phenoxy) is 1. The summed E-state index contributed by atoms with van der Waals surface area (Å²) in [5, 5.41) is 5.34. The van der Waals surface area contributed by atoms with Crippen molar-refractivity contribution in [1.82, 2.24) is 14.6 Å². The van der Waals surface area contributed by atoms with Crippen molar-refractivity contribution in [3.8, 4) is 11.4 Å². The molecule has 0 unspecified atom stereocenters. The smallest absolute Gasteiger partial charge is 0.339 e. The second kappa shape index (κ2) is 5.35. The van der Waals surface area contributed by atoms with Crippen molar-refractivity contribution >= 4 is 34.8 Å². The first-order valence-corrected chi connectivity index (χ1v) is 6.73. The Kier molecular flexibility index (Phi) is 3.53. The number of fused-ring (bicyclic) bond motifs is 1. The van der Waals surface area contributed by atoms with Crippen LogP contribution in [0.4, 0.5) is 0 Å². The largest absolute Gasteiger partial charge is 0.465 e. The number of carbonyl (C=O) groups excluding carboxylic acids is 1. The summed E-state index contributed by atoms with van der Waals surface area (Å²) in [7, 11) is 1.33. The summed E-state index contributed by atoms with van der Waals surface area (Å²) in [5.74, 6) is 0.0427. The Bertz CT molecular complexity index is 825.